The molecule has 0 saturated heterocycles. The quantitative estimate of drug-likeness (QED) is 0.617. The monoisotopic (exact) mass is 314 g/mol. The Morgan fingerprint density at radius 1 is 1.15 bits per heavy atom. The van der Waals surface area contributed by atoms with Crippen molar-refractivity contribution in [2.45, 2.75) is 18.5 Å². The maximum Gasteiger partial charge on any atom is 0.523 e. The first-order valence-electron chi connectivity index (χ1n) is 5.34. The molecular formula is C11H13F3O5S. The summed E-state index contributed by atoms with van der Waals surface area (Å²) < 4.78 is 72.8. The van der Waals surface area contributed by atoms with Crippen molar-refractivity contribution >= 4 is 10.1 Å². The minimum atomic E-state index is -5.69. The predicted molar refractivity (Wildman–Crippen MR) is 64.0 cm³/mol. The summed E-state index contributed by atoms with van der Waals surface area (Å²) >= 11 is 0. The molecule has 9 heteroatoms. The van der Waals surface area contributed by atoms with Gasteiger partial charge in [-0.3, -0.25) is 4.18 Å². The van der Waals surface area contributed by atoms with Crippen molar-refractivity contribution in [1.29, 1.82) is 0 Å². The molecular weight excluding hydrogens is 301 g/mol. The molecule has 1 unspecified atom stereocenters. The molecule has 0 fully saturated rings. The first-order chi connectivity index (χ1) is 9.12. The number of alkyl halides is 3. The summed E-state index contributed by atoms with van der Waals surface area (Å²) in [6.07, 6.45) is -1.38. The summed E-state index contributed by atoms with van der Waals surface area (Å²) in [6.45, 7) is 1.17. The average molecular weight is 314 g/mol. The molecule has 0 heterocycles. The highest BCUT2D eigenvalue weighted by Crippen LogP contribution is 2.35. The zero-order valence-electron chi connectivity index (χ0n) is 10.9. The van der Waals surface area contributed by atoms with Crippen LogP contribution in [0.2, 0.25) is 0 Å². The van der Waals surface area contributed by atoms with Crippen LogP contribution in [0.15, 0.2) is 18.2 Å². The van der Waals surface area contributed by atoms with Gasteiger partial charge in [-0.1, -0.05) is 0 Å². The number of methoxy groups -OCH3 is 2. The lowest BCUT2D eigenvalue weighted by molar-refractivity contribution is -0.0569. The maximum absolute atomic E-state index is 12.3. The van der Waals surface area contributed by atoms with Gasteiger partial charge in [0, 0.05) is 5.56 Å². The molecule has 0 saturated carbocycles. The van der Waals surface area contributed by atoms with Crippen LogP contribution < -0.4 is 9.47 Å². The molecule has 20 heavy (non-hydrogen) atoms. The molecule has 114 valence electrons. The summed E-state index contributed by atoms with van der Waals surface area (Å²) in [4.78, 5) is 0. The van der Waals surface area contributed by atoms with Gasteiger partial charge in [-0.05, 0) is 25.1 Å². The van der Waals surface area contributed by atoms with E-state index < -0.39 is 21.7 Å². The maximum atomic E-state index is 12.3. The van der Waals surface area contributed by atoms with Gasteiger partial charge in [-0.25, -0.2) is 0 Å². The Labute approximate surface area is 114 Å². The van der Waals surface area contributed by atoms with Crippen LogP contribution in [0.25, 0.3) is 0 Å². The molecule has 1 atom stereocenters. The summed E-state index contributed by atoms with van der Waals surface area (Å²) in [7, 11) is -3.02. The van der Waals surface area contributed by atoms with Crippen molar-refractivity contribution in [2.75, 3.05) is 14.2 Å². The van der Waals surface area contributed by atoms with Gasteiger partial charge >= 0.3 is 15.6 Å². The van der Waals surface area contributed by atoms with Gasteiger partial charge in [0.05, 0.1) is 14.2 Å². The van der Waals surface area contributed by atoms with E-state index in [1.165, 1.54) is 39.3 Å². The van der Waals surface area contributed by atoms with Crippen LogP contribution in [0.4, 0.5) is 13.2 Å². The van der Waals surface area contributed by atoms with Crippen LogP contribution in [-0.2, 0) is 14.3 Å². The second-order valence-corrected chi connectivity index (χ2v) is 5.31. The minimum absolute atomic E-state index is 0.125. The number of benzene rings is 1. The van der Waals surface area contributed by atoms with Gasteiger partial charge in [0.2, 0.25) is 0 Å². The largest absolute Gasteiger partial charge is 0.523 e. The summed E-state index contributed by atoms with van der Waals surface area (Å²) in [5.41, 5.74) is -5.35. The van der Waals surface area contributed by atoms with Gasteiger partial charge in [-0.15, -0.1) is 0 Å². The zero-order chi connectivity index (χ0) is 15.6. The third kappa shape index (κ3) is 3.54. The molecule has 0 aliphatic carbocycles. The lowest BCUT2D eigenvalue weighted by Crippen LogP contribution is -2.26. The van der Waals surface area contributed by atoms with Crippen molar-refractivity contribution in [3.8, 4) is 11.5 Å². The van der Waals surface area contributed by atoms with E-state index in [2.05, 4.69) is 4.18 Å². The van der Waals surface area contributed by atoms with E-state index >= 15 is 0 Å². The Kier molecular flexibility index (Phi) is 4.87. The molecule has 5 nitrogen and oxygen atoms in total. The molecule has 0 amide bonds. The van der Waals surface area contributed by atoms with Gasteiger partial charge in [0.25, 0.3) is 0 Å². The SMILES string of the molecule is COc1ccc(OC)c(C(C)OS(=O)(=O)C(F)(F)F)c1. The minimum Gasteiger partial charge on any atom is -0.497 e. The van der Waals surface area contributed by atoms with Crippen molar-refractivity contribution in [2.24, 2.45) is 0 Å². The smallest absolute Gasteiger partial charge is 0.497 e. The Bertz CT molecular complexity index is 568. The third-order valence-electron chi connectivity index (χ3n) is 2.43. The zero-order valence-corrected chi connectivity index (χ0v) is 11.7. The number of ether oxygens (including phenoxy) is 2. The van der Waals surface area contributed by atoms with Crippen LogP contribution in [0.1, 0.15) is 18.6 Å². The number of hydrogen-bond donors (Lipinski definition) is 0. The Morgan fingerprint density at radius 3 is 2.20 bits per heavy atom. The highest BCUT2D eigenvalue weighted by atomic mass is 32.2. The molecule has 0 N–H and O–H groups in total. The van der Waals surface area contributed by atoms with Crippen LogP contribution >= 0.6 is 0 Å². The fraction of sp³-hybridized carbons (Fsp3) is 0.455. The van der Waals surface area contributed by atoms with Crippen LogP contribution in [0.3, 0.4) is 0 Å². The summed E-state index contributed by atoms with van der Waals surface area (Å²) in [5, 5.41) is 0. The van der Waals surface area contributed by atoms with E-state index in [0.717, 1.165) is 0 Å². The molecule has 0 bridgehead atoms. The van der Waals surface area contributed by atoms with Crippen molar-refractivity contribution in [1.82, 2.24) is 0 Å². The predicted octanol–water partition coefficient (Wildman–Crippen LogP) is 2.63. The van der Waals surface area contributed by atoms with E-state index in [9.17, 15) is 21.6 Å². The highest BCUT2D eigenvalue weighted by molar-refractivity contribution is 7.87. The fourth-order valence-electron chi connectivity index (χ4n) is 1.45. The molecule has 0 spiro atoms. The second kappa shape index (κ2) is 5.88. The lowest BCUT2D eigenvalue weighted by atomic mass is 10.1. The van der Waals surface area contributed by atoms with Gasteiger partial charge in [0.15, 0.2) is 0 Å². The Morgan fingerprint density at radius 2 is 1.75 bits per heavy atom. The van der Waals surface area contributed by atoms with E-state index in [-0.39, 0.29) is 11.3 Å². The van der Waals surface area contributed by atoms with Crippen LogP contribution in [0, 0.1) is 0 Å². The highest BCUT2D eigenvalue weighted by Gasteiger charge is 2.48. The van der Waals surface area contributed by atoms with Crippen LogP contribution in [0.5, 0.6) is 11.5 Å². The van der Waals surface area contributed by atoms with E-state index in [1.54, 1.807) is 0 Å². The molecule has 0 aromatic heterocycles. The van der Waals surface area contributed by atoms with Gasteiger partial charge in [-0.2, -0.15) is 21.6 Å². The molecule has 0 radical (unpaired) electrons. The Hall–Kier alpha value is -1.48. The van der Waals surface area contributed by atoms with E-state index in [4.69, 9.17) is 9.47 Å². The topological polar surface area (TPSA) is 61.8 Å². The van der Waals surface area contributed by atoms with E-state index in [1.807, 2.05) is 0 Å². The van der Waals surface area contributed by atoms with Crippen molar-refractivity contribution < 1.29 is 35.2 Å². The summed E-state index contributed by atoms with van der Waals surface area (Å²) in [6, 6.07) is 4.30. The van der Waals surface area contributed by atoms with Crippen molar-refractivity contribution in [3.05, 3.63) is 23.8 Å². The molecule has 0 aliphatic rings. The fourth-order valence-corrected chi connectivity index (χ4v) is 2.05. The second-order valence-electron chi connectivity index (χ2n) is 3.75. The molecule has 1 aromatic rings. The normalized spacial score (nSPS) is 13.9. The van der Waals surface area contributed by atoms with Crippen LogP contribution in [-0.4, -0.2) is 28.1 Å². The number of halogens is 3. The van der Waals surface area contributed by atoms with E-state index in [0.29, 0.717) is 5.75 Å². The van der Waals surface area contributed by atoms with Crippen molar-refractivity contribution in [3.63, 3.8) is 0 Å². The standard InChI is InChI=1S/C11H13F3O5S/c1-7(19-20(15,16)11(12,13)14)9-6-8(17-2)4-5-10(9)18-3/h4-7H,1-3H3. The molecule has 1 rings (SSSR count). The number of hydrogen-bond acceptors (Lipinski definition) is 5. The molecule has 0 aliphatic heterocycles. The first kappa shape index (κ1) is 16.6. The first-order valence-corrected chi connectivity index (χ1v) is 6.74. The molecule has 1 aromatic carbocycles. The average Bonchev–Trinajstić information content (AvgIpc) is 2.36. The summed E-state index contributed by atoms with van der Waals surface area (Å²) in [5.74, 6) is 0.524. The lowest BCUT2D eigenvalue weighted by Gasteiger charge is -2.18. The van der Waals surface area contributed by atoms with Gasteiger partial charge < -0.3 is 9.47 Å². The van der Waals surface area contributed by atoms with Gasteiger partial charge in [0.1, 0.15) is 17.6 Å². The Balaban J connectivity index is 3.12. The third-order valence-corrected chi connectivity index (χ3v) is 3.54. The number of rotatable bonds is 5.